The first kappa shape index (κ1) is 11.7. The van der Waals surface area contributed by atoms with Crippen molar-refractivity contribution < 1.29 is 4.79 Å². The quantitative estimate of drug-likeness (QED) is 0.795. The van der Waals surface area contributed by atoms with Crippen LogP contribution in [0.15, 0.2) is 28.9 Å². The molecule has 88 valence electrons. The summed E-state index contributed by atoms with van der Waals surface area (Å²) >= 11 is 3.35. The van der Waals surface area contributed by atoms with E-state index in [1.807, 2.05) is 19.1 Å². The second-order valence-corrected chi connectivity index (χ2v) is 4.49. The molecule has 1 heterocycles. The number of nitrogens with zero attached hydrogens (tertiary/aromatic N) is 1. The summed E-state index contributed by atoms with van der Waals surface area (Å²) in [6.45, 7) is 1.96. The lowest BCUT2D eigenvalue weighted by molar-refractivity contribution is 0.102. The molecule has 0 aliphatic carbocycles. The van der Waals surface area contributed by atoms with Crippen molar-refractivity contribution in [3.05, 3.63) is 40.0 Å². The summed E-state index contributed by atoms with van der Waals surface area (Å²) in [5.41, 5.74) is 7.64. The molecule has 2 rings (SSSR count). The van der Waals surface area contributed by atoms with E-state index in [0.29, 0.717) is 17.1 Å². The molecule has 4 N–H and O–H groups in total. The number of halogens is 1. The van der Waals surface area contributed by atoms with Crippen LogP contribution in [-0.2, 0) is 0 Å². The van der Waals surface area contributed by atoms with Crippen LogP contribution < -0.4 is 11.1 Å². The predicted octanol–water partition coefficient (Wildman–Crippen LogP) is 2.32. The molecule has 17 heavy (non-hydrogen) atoms. The number of rotatable bonds is 2. The summed E-state index contributed by atoms with van der Waals surface area (Å²) in [4.78, 5) is 12.0. The second-order valence-electron chi connectivity index (χ2n) is 3.64. The largest absolute Gasteiger partial charge is 0.394 e. The first-order chi connectivity index (χ1) is 8.08. The molecule has 0 fully saturated rings. The fourth-order valence-electron chi connectivity index (χ4n) is 1.38. The highest BCUT2D eigenvalue weighted by Crippen LogP contribution is 2.20. The number of aromatic nitrogens is 2. The van der Waals surface area contributed by atoms with Crippen LogP contribution in [0.3, 0.4) is 0 Å². The van der Waals surface area contributed by atoms with Crippen molar-refractivity contribution in [2.45, 2.75) is 6.92 Å². The first-order valence-electron chi connectivity index (χ1n) is 4.94. The minimum atomic E-state index is -0.243. The van der Waals surface area contributed by atoms with Gasteiger partial charge in [0.15, 0.2) is 5.82 Å². The van der Waals surface area contributed by atoms with Crippen LogP contribution in [0.5, 0.6) is 0 Å². The molecule has 0 radical (unpaired) electrons. The molecular formula is C11H11BrN4O. The van der Waals surface area contributed by atoms with Crippen molar-refractivity contribution in [2.24, 2.45) is 0 Å². The Balaban J connectivity index is 2.23. The zero-order chi connectivity index (χ0) is 12.4. The van der Waals surface area contributed by atoms with Crippen LogP contribution >= 0.6 is 15.9 Å². The molecule has 1 aromatic heterocycles. The van der Waals surface area contributed by atoms with E-state index in [0.717, 1.165) is 10.0 Å². The topological polar surface area (TPSA) is 83.8 Å². The van der Waals surface area contributed by atoms with E-state index in [1.54, 1.807) is 6.07 Å². The molecular weight excluding hydrogens is 284 g/mol. The van der Waals surface area contributed by atoms with Gasteiger partial charge in [0.2, 0.25) is 0 Å². The van der Waals surface area contributed by atoms with Gasteiger partial charge in [0.25, 0.3) is 5.91 Å². The number of amides is 1. The van der Waals surface area contributed by atoms with Crippen molar-refractivity contribution in [1.29, 1.82) is 0 Å². The third-order valence-corrected chi connectivity index (χ3v) is 2.93. The minimum Gasteiger partial charge on any atom is -0.394 e. The smallest absolute Gasteiger partial charge is 0.258 e. The van der Waals surface area contributed by atoms with Gasteiger partial charge in [0.05, 0.1) is 17.4 Å². The van der Waals surface area contributed by atoms with Crippen LogP contribution in [0.4, 0.5) is 11.5 Å². The highest BCUT2D eigenvalue weighted by Gasteiger charge is 2.12. The summed E-state index contributed by atoms with van der Waals surface area (Å²) in [6.07, 6.45) is 1.44. The van der Waals surface area contributed by atoms with Crippen LogP contribution in [0, 0.1) is 6.92 Å². The lowest BCUT2D eigenvalue weighted by Crippen LogP contribution is -2.14. The lowest BCUT2D eigenvalue weighted by Gasteiger charge is -2.06. The standard InChI is InChI=1S/C11H11BrN4O/c1-6-2-3-7(8(12)4-6)11(17)15-10-9(13)5-14-16-10/h2-5H,13H2,1H3,(H2,14,15,16,17). The van der Waals surface area contributed by atoms with E-state index in [4.69, 9.17) is 5.73 Å². The molecule has 0 unspecified atom stereocenters. The van der Waals surface area contributed by atoms with Crippen molar-refractivity contribution >= 4 is 33.3 Å². The van der Waals surface area contributed by atoms with E-state index in [1.165, 1.54) is 6.20 Å². The average Bonchev–Trinajstić information content (AvgIpc) is 2.64. The van der Waals surface area contributed by atoms with Gasteiger partial charge < -0.3 is 11.1 Å². The molecule has 0 bridgehead atoms. The fourth-order valence-corrected chi connectivity index (χ4v) is 2.05. The number of hydrogen-bond acceptors (Lipinski definition) is 3. The van der Waals surface area contributed by atoms with Gasteiger partial charge in [-0.05, 0) is 40.5 Å². The maximum atomic E-state index is 12.0. The van der Waals surface area contributed by atoms with Crippen LogP contribution in [0.25, 0.3) is 0 Å². The molecule has 6 heteroatoms. The number of anilines is 2. The molecule has 0 spiro atoms. The van der Waals surface area contributed by atoms with Gasteiger partial charge in [0, 0.05) is 4.47 Å². The second kappa shape index (κ2) is 4.58. The van der Waals surface area contributed by atoms with Crippen molar-refractivity contribution in [2.75, 3.05) is 11.1 Å². The monoisotopic (exact) mass is 294 g/mol. The van der Waals surface area contributed by atoms with Crippen molar-refractivity contribution in [3.63, 3.8) is 0 Å². The van der Waals surface area contributed by atoms with Gasteiger partial charge >= 0.3 is 0 Å². The Hall–Kier alpha value is -1.82. The number of nitrogens with one attached hydrogen (secondary N) is 2. The van der Waals surface area contributed by atoms with Gasteiger partial charge in [-0.1, -0.05) is 6.07 Å². The number of hydrogen-bond donors (Lipinski definition) is 3. The summed E-state index contributed by atoms with van der Waals surface area (Å²) < 4.78 is 0.744. The molecule has 0 saturated heterocycles. The minimum absolute atomic E-state index is 0.243. The Labute approximate surface area is 107 Å². The Bertz CT molecular complexity index is 564. The number of nitrogens with two attached hydrogens (primary N) is 1. The number of aryl methyl sites for hydroxylation is 1. The summed E-state index contributed by atoms with van der Waals surface area (Å²) in [5, 5.41) is 9.00. The van der Waals surface area contributed by atoms with Crippen molar-refractivity contribution in [1.82, 2.24) is 10.2 Å². The number of carbonyl (C=O) groups excluding carboxylic acids is 1. The molecule has 0 aliphatic rings. The van der Waals surface area contributed by atoms with Gasteiger partial charge in [-0.25, -0.2) is 0 Å². The number of carbonyl (C=O) groups is 1. The predicted molar refractivity (Wildman–Crippen MR) is 69.8 cm³/mol. The zero-order valence-electron chi connectivity index (χ0n) is 9.12. The average molecular weight is 295 g/mol. The first-order valence-corrected chi connectivity index (χ1v) is 5.73. The highest BCUT2D eigenvalue weighted by atomic mass is 79.9. The summed E-state index contributed by atoms with van der Waals surface area (Å²) in [7, 11) is 0. The van der Waals surface area contributed by atoms with E-state index in [9.17, 15) is 4.79 Å². The molecule has 2 aromatic rings. The zero-order valence-corrected chi connectivity index (χ0v) is 10.7. The highest BCUT2D eigenvalue weighted by molar-refractivity contribution is 9.10. The molecule has 0 aliphatic heterocycles. The third kappa shape index (κ3) is 2.47. The summed E-state index contributed by atoms with van der Waals surface area (Å²) in [6, 6.07) is 5.50. The van der Waals surface area contributed by atoms with Gasteiger partial charge in [-0.15, -0.1) is 0 Å². The fraction of sp³-hybridized carbons (Fsp3) is 0.0909. The Kier molecular flexibility index (Phi) is 3.14. The van der Waals surface area contributed by atoms with Gasteiger partial charge in [0.1, 0.15) is 0 Å². The van der Waals surface area contributed by atoms with Crippen LogP contribution in [-0.4, -0.2) is 16.1 Å². The third-order valence-electron chi connectivity index (χ3n) is 2.28. The SMILES string of the molecule is Cc1ccc(C(=O)Nc2[nH]ncc2N)c(Br)c1. The molecule has 0 atom stereocenters. The van der Waals surface area contributed by atoms with E-state index in [-0.39, 0.29) is 5.91 Å². The lowest BCUT2D eigenvalue weighted by atomic mass is 10.1. The number of H-pyrrole nitrogens is 1. The molecule has 1 amide bonds. The molecule has 5 nitrogen and oxygen atoms in total. The van der Waals surface area contributed by atoms with E-state index in [2.05, 4.69) is 31.4 Å². The number of nitrogen functional groups attached to an aromatic ring is 1. The molecule has 0 saturated carbocycles. The van der Waals surface area contributed by atoms with E-state index >= 15 is 0 Å². The Morgan fingerprint density at radius 2 is 2.29 bits per heavy atom. The molecule has 1 aromatic carbocycles. The van der Waals surface area contributed by atoms with Gasteiger partial charge in [-0.2, -0.15) is 5.10 Å². The van der Waals surface area contributed by atoms with Gasteiger partial charge in [-0.3, -0.25) is 9.89 Å². The normalized spacial score (nSPS) is 10.2. The van der Waals surface area contributed by atoms with Crippen LogP contribution in [0.2, 0.25) is 0 Å². The number of benzene rings is 1. The Morgan fingerprint density at radius 3 is 2.88 bits per heavy atom. The van der Waals surface area contributed by atoms with E-state index < -0.39 is 0 Å². The maximum Gasteiger partial charge on any atom is 0.258 e. The Morgan fingerprint density at radius 1 is 1.53 bits per heavy atom. The maximum absolute atomic E-state index is 12.0. The van der Waals surface area contributed by atoms with Crippen molar-refractivity contribution in [3.8, 4) is 0 Å². The summed E-state index contributed by atoms with van der Waals surface area (Å²) in [5.74, 6) is 0.162. The van der Waals surface area contributed by atoms with Crippen LogP contribution in [0.1, 0.15) is 15.9 Å². The number of aromatic amines is 1.